The topological polar surface area (TPSA) is 77.2 Å². The largest absolute Gasteiger partial charge is 0.443 e. The fourth-order valence-corrected chi connectivity index (χ4v) is 2.94. The van der Waals surface area contributed by atoms with Gasteiger partial charge in [0, 0.05) is 17.4 Å². The highest BCUT2D eigenvalue weighted by atomic mass is 19.4. The third-order valence-electron chi connectivity index (χ3n) is 4.57. The molecule has 9 heteroatoms. The van der Waals surface area contributed by atoms with E-state index < -0.39 is 17.6 Å². The van der Waals surface area contributed by atoms with Crippen molar-refractivity contribution in [1.82, 2.24) is 9.97 Å². The minimum Gasteiger partial charge on any atom is -0.443 e. The van der Waals surface area contributed by atoms with E-state index in [-0.39, 0.29) is 17.1 Å². The molecular formula is C23H16F3N3O3. The van der Waals surface area contributed by atoms with Gasteiger partial charge < -0.3 is 14.5 Å². The molecule has 2 heterocycles. The van der Waals surface area contributed by atoms with E-state index in [2.05, 4.69) is 15.3 Å². The molecule has 0 radical (unpaired) electrons. The Balaban J connectivity index is 1.58. The third-order valence-corrected chi connectivity index (χ3v) is 4.57. The summed E-state index contributed by atoms with van der Waals surface area (Å²) < 4.78 is 50.0. The SMILES string of the molecule is Cc1ccc(C(=O)Nc2cccc(C(F)(F)F)c2)cc1Oc1ncccc1-c1cnco1. The van der Waals surface area contributed by atoms with Crippen molar-refractivity contribution >= 4 is 11.6 Å². The van der Waals surface area contributed by atoms with Crippen molar-refractivity contribution in [3.05, 3.63) is 90.1 Å². The maximum atomic E-state index is 12.9. The fraction of sp³-hybridized carbons (Fsp3) is 0.0870. The van der Waals surface area contributed by atoms with Gasteiger partial charge in [0.05, 0.1) is 17.3 Å². The summed E-state index contributed by atoms with van der Waals surface area (Å²) in [6.45, 7) is 1.79. The number of halogens is 3. The summed E-state index contributed by atoms with van der Waals surface area (Å²) in [6.07, 6.45) is -0.143. The monoisotopic (exact) mass is 439 g/mol. The lowest BCUT2D eigenvalue weighted by Gasteiger charge is -2.13. The summed E-state index contributed by atoms with van der Waals surface area (Å²) in [5.41, 5.74) is 0.696. The number of oxazole rings is 1. The Bertz CT molecular complexity index is 1250. The molecule has 1 N–H and O–H groups in total. The highest BCUT2D eigenvalue weighted by Gasteiger charge is 2.30. The molecular weight excluding hydrogens is 423 g/mol. The number of rotatable bonds is 5. The van der Waals surface area contributed by atoms with Gasteiger partial charge in [-0.05, 0) is 55.0 Å². The summed E-state index contributed by atoms with van der Waals surface area (Å²) in [5, 5.41) is 2.48. The molecule has 6 nitrogen and oxygen atoms in total. The lowest BCUT2D eigenvalue weighted by molar-refractivity contribution is -0.137. The molecule has 1 amide bonds. The lowest BCUT2D eigenvalue weighted by atomic mass is 10.1. The van der Waals surface area contributed by atoms with E-state index in [1.807, 2.05) is 0 Å². The van der Waals surface area contributed by atoms with Gasteiger partial charge in [-0.15, -0.1) is 0 Å². The molecule has 0 saturated heterocycles. The Hall–Kier alpha value is -4.14. The number of anilines is 1. The van der Waals surface area contributed by atoms with E-state index in [9.17, 15) is 18.0 Å². The van der Waals surface area contributed by atoms with Crippen LogP contribution in [0.25, 0.3) is 11.3 Å². The van der Waals surface area contributed by atoms with E-state index in [0.29, 0.717) is 17.1 Å². The maximum Gasteiger partial charge on any atom is 0.416 e. The number of nitrogens with zero attached hydrogens (tertiary/aromatic N) is 2. The number of aromatic nitrogens is 2. The molecule has 2 aromatic carbocycles. The van der Waals surface area contributed by atoms with Gasteiger partial charge in [-0.1, -0.05) is 12.1 Å². The fourth-order valence-electron chi connectivity index (χ4n) is 2.94. The second kappa shape index (κ2) is 8.54. The molecule has 0 saturated carbocycles. The van der Waals surface area contributed by atoms with Gasteiger partial charge in [0.2, 0.25) is 5.88 Å². The Morgan fingerprint density at radius 3 is 2.69 bits per heavy atom. The second-order valence-electron chi connectivity index (χ2n) is 6.84. The molecule has 32 heavy (non-hydrogen) atoms. The van der Waals surface area contributed by atoms with Gasteiger partial charge in [0.15, 0.2) is 12.2 Å². The zero-order chi connectivity index (χ0) is 22.7. The molecule has 0 spiro atoms. The third kappa shape index (κ3) is 4.61. The van der Waals surface area contributed by atoms with Crippen molar-refractivity contribution < 1.29 is 27.1 Å². The first-order valence-electron chi connectivity index (χ1n) is 9.42. The average molecular weight is 439 g/mol. The Morgan fingerprint density at radius 1 is 1.09 bits per heavy atom. The van der Waals surface area contributed by atoms with Crippen LogP contribution in [0, 0.1) is 6.92 Å². The van der Waals surface area contributed by atoms with Gasteiger partial charge in [0.1, 0.15) is 5.75 Å². The molecule has 0 atom stereocenters. The van der Waals surface area contributed by atoms with E-state index in [1.165, 1.54) is 30.8 Å². The van der Waals surface area contributed by atoms with Crippen LogP contribution in [-0.4, -0.2) is 15.9 Å². The molecule has 4 rings (SSSR count). The molecule has 0 aliphatic rings. The van der Waals surface area contributed by atoms with Crippen LogP contribution < -0.4 is 10.1 Å². The number of nitrogens with one attached hydrogen (secondary N) is 1. The van der Waals surface area contributed by atoms with E-state index in [4.69, 9.17) is 9.15 Å². The number of hydrogen-bond acceptors (Lipinski definition) is 5. The minimum atomic E-state index is -4.50. The van der Waals surface area contributed by atoms with Crippen LogP contribution in [0.4, 0.5) is 18.9 Å². The summed E-state index contributed by atoms with van der Waals surface area (Å²) in [6, 6.07) is 12.6. The number of carbonyl (C=O) groups excluding carboxylic acids is 1. The summed E-state index contributed by atoms with van der Waals surface area (Å²) >= 11 is 0. The van der Waals surface area contributed by atoms with Gasteiger partial charge in [-0.3, -0.25) is 4.79 Å². The van der Waals surface area contributed by atoms with Crippen LogP contribution >= 0.6 is 0 Å². The Kier molecular flexibility index (Phi) is 5.63. The number of benzene rings is 2. The van der Waals surface area contributed by atoms with Crippen LogP contribution in [0.5, 0.6) is 11.6 Å². The molecule has 0 aliphatic carbocycles. The van der Waals surface area contributed by atoms with Gasteiger partial charge in [-0.2, -0.15) is 13.2 Å². The number of pyridine rings is 1. The van der Waals surface area contributed by atoms with Gasteiger partial charge in [-0.25, -0.2) is 9.97 Å². The standard InChI is InChI=1S/C23H16F3N3O3/c1-14-7-8-15(21(30)29-17-5-2-4-16(11-17)23(24,25)26)10-19(14)32-22-18(6-3-9-28-22)20-12-27-13-31-20/h2-13H,1H3,(H,29,30). The van der Waals surface area contributed by atoms with Gasteiger partial charge >= 0.3 is 6.18 Å². The number of aryl methyl sites for hydroxylation is 1. The van der Waals surface area contributed by atoms with Crippen molar-refractivity contribution in [3.8, 4) is 23.0 Å². The predicted octanol–water partition coefficient (Wildman–Crippen LogP) is 6.11. The van der Waals surface area contributed by atoms with Crippen molar-refractivity contribution in [3.63, 3.8) is 0 Å². The summed E-state index contributed by atoms with van der Waals surface area (Å²) in [7, 11) is 0. The minimum absolute atomic E-state index is 0.0326. The second-order valence-corrected chi connectivity index (χ2v) is 6.84. The van der Waals surface area contributed by atoms with Crippen LogP contribution in [0.1, 0.15) is 21.5 Å². The van der Waals surface area contributed by atoms with Crippen molar-refractivity contribution in [1.29, 1.82) is 0 Å². The highest BCUT2D eigenvalue weighted by Crippen LogP contribution is 2.33. The zero-order valence-electron chi connectivity index (χ0n) is 16.7. The first-order valence-corrected chi connectivity index (χ1v) is 9.42. The summed E-state index contributed by atoms with van der Waals surface area (Å²) in [4.78, 5) is 20.8. The van der Waals surface area contributed by atoms with Gasteiger partial charge in [0.25, 0.3) is 5.91 Å². The summed E-state index contributed by atoms with van der Waals surface area (Å²) in [5.74, 6) is 0.499. The normalized spacial score (nSPS) is 11.2. The smallest absolute Gasteiger partial charge is 0.416 e. The number of carbonyl (C=O) groups is 1. The zero-order valence-corrected chi connectivity index (χ0v) is 16.7. The quantitative estimate of drug-likeness (QED) is 0.406. The maximum absolute atomic E-state index is 12.9. The molecule has 0 unspecified atom stereocenters. The molecule has 2 aromatic heterocycles. The highest BCUT2D eigenvalue weighted by molar-refractivity contribution is 6.04. The number of amides is 1. The van der Waals surface area contributed by atoms with Crippen LogP contribution in [-0.2, 0) is 6.18 Å². The first-order chi connectivity index (χ1) is 15.3. The van der Waals surface area contributed by atoms with Crippen LogP contribution in [0.3, 0.4) is 0 Å². The van der Waals surface area contributed by atoms with Crippen LogP contribution in [0.15, 0.2) is 77.8 Å². The van der Waals surface area contributed by atoms with Crippen LogP contribution in [0.2, 0.25) is 0 Å². The van der Waals surface area contributed by atoms with E-state index >= 15 is 0 Å². The Labute approximate surface area is 180 Å². The first kappa shape index (κ1) is 21.1. The molecule has 162 valence electrons. The average Bonchev–Trinajstić information content (AvgIpc) is 3.30. The molecule has 4 aromatic rings. The van der Waals surface area contributed by atoms with Crippen molar-refractivity contribution in [2.45, 2.75) is 13.1 Å². The number of alkyl halides is 3. The molecule has 0 aliphatic heterocycles. The number of ether oxygens (including phenoxy) is 1. The lowest BCUT2D eigenvalue weighted by Crippen LogP contribution is -2.13. The number of hydrogen-bond donors (Lipinski definition) is 1. The predicted molar refractivity (Wildman–Crippen MR) is 110 cm³/mol. The molecule has 0 bridgehead atoms. The van der Waals surface area contributed by atoms with E-state index in [1.54, 1.807) is 37.4 Å². The van der Waals surface area contributed by atoms with Crippen molar-refractivity contribution in [2.75, 3.05) is 5.32 Å². The van der Waals surface area contributed by atoms with E-state index in [0.717, 1.165) is 17.7 Å². The Morgan fingerprint density at radius 2 is 1.94 bits per heavy atom. The van der Waals surface area contributed by atoms with Crippen molar-refractivity contribution in [2.24, 2.45) is 0 Å². The molecule has 0 fully saturated rings.